The lowest BCUT2D eigenvalue weighted by atomic mass is 9.87. The Balaban J connectivity index is 2.26. The lowest BCUT2D eigenvalue weighted by Gasteiger charge is -2.34. The summed E-state index contributed by atoms with van der Waals surface area (Å²) in [5, 5.41) is 13.8. The maximum absolute atomic E-state index is 10.1. The van der Waals surface area contributed by atoms with Crippen LogP contribution in [-0.2, 0) is 5.54 Å². The zero-order valence-electron chi connectivity index (χ0n) is 12.4. The Bertz CT molecular complexity index is 552. The fraction of sp³-hybridized carbons (Fsp3) is 0.333. The van der Waals surface area contributed by atoms with Crippen molar-refractivity contribution in [3.05, 3.63) is 65.7 Å². The van der Waals surface area contributed by atoms with E-state index in [9.17, 15) is 5.11 Å². The maximum Gasteiger partial charge on any atom is 0.120 e. The van der Waals surface area contributed by atoms with Crippen LogP contribution in [0.4, 0.5) is 0 Å². The minimum Gasteiger partial charge on any atom is -0.508 e. The lowest BCUT2D eigenvalue weighted by molar-refractivity contribution is 0.304. The SMILES string of the molecule is CC[C@@](C)(N[C@H](C)c1ccccc1)c1ccccc1O. The highest BCUT2D eigenvalue weighted by Gasteiger charge is 2.28. The molecule has 20 heavy (non-hydrogen) atoms. The summed E-state index contributed by atoms with van der Waals surface area (Å²) in [6.45, 7) is 6.43. The molecule has 0 aromatic heterocycles. The summed E-state index contributed by atoms with van der Waals surface area (Å²) in [6, 6.07) is 18.2. The number of phenols is 1. The highest BCUT2D eigenvalue weighted by molar-refractivity contribution is 5.38. The summed E-state index contributed by atoms with van der Waals surface area (Å²) in [5.41, 5.74) is 1.95. The fourth-order valence-corrected chi connectivity index (χ4v) is 2.61. The second-order valence-corrected chi connectivity index (χ2v) is 5.48. The van der Waals surface area contributed by atoms with Gasteiger partial charge >= 0.3 is 0 Å². The second kappa shape index (κ2) is 6.10. The van der Waals surface area contributed by atoms with Crippen molar-refractivity contribution in [1.29, 1.82) is 0 Å². The molecule has 0 fully saturated rings. The van der Waals surface area contributed by atoms with Gasteiger partial charge in [0.15, 0.2) is 0 Å². The number of nitrogens with one attached hydrogen (secondary N) is 1. The Morgan fingerprint density at radius 2 is 1.65 bits per heavy atom. The third-order valence-electron chi connectivity index (χ3n) is 4.04. The van der Waals surface area contributed by atoms with Gasteiger partial charge in [0.2, 0.25) is 0 Å². The minimum absolute atomic E-state index is 0.223. The predicted octanol–water partition coefficient (Wildman–Crippen LogP) is 4.37. The fourth-order valence-electron chi connectivity index (χ4n) is 2.61. The van der Waals surface area contributed by atoms with Gasteiger partial charge in [0.05, 0.1) is 0 Å². The van der Waals surface area contributed by atoms with Gasteiger partial charge in [-0.3, -0.25) is 0 Å². The van der Waals surface area contributed by atoms with Gasteiger partial charge in [-0.1, -0.05) is 55.5 Å². The van der Waals surface area contributed by atoms with E-state index in [0.29, 0.717) is 5.75 Å². The van der Waals surface area contributed by atoms with Crippen molar-refractivity contribution in [2.45, 2.75) is 38.8 Å². The Morgan fingerprint density at radius 1 is 1.05 bits per heavy atom. The van der Waals surface area contributed by atoms with Crippen LogP contribution in [0.2, 0.25) is 0 Å². The molecule has 2 heteroatoms. The van der Waals surface area contributed by atoms with E-state index in [1.807, 2.05) is 24.3 Å². The molecule has 2 rings (SSSR count). The van der Waals surface area contributed by atoms with Gasteiger partial charge in [-0.05, 0) is 31.9 Å². The standard InChI is InChI=1S/C18H23NO/c1-4-18(3,16-12-8-9-13-17(16)20)19-14(2)15-10-6-5-7-11-15/h5-14,19-20H,4H2,1-3H3/t14-,18-/m1/s1. The summed E-state index contributed by atoms with van der Waals surface area (Å²) < 4.78 is 0. The van der Waals surface area contributed by atoms with Gasteiger partial charge in [0.1, 0.15) is 5.75 Å². The summed E-state index contributed by atoms with van der Waals surface area (Å²) in [4.78, 5) is 0. The first kappa shape index (κ1) is 14.6. The van der Waals surface area contributed by atoms with Crippen LogP contribution in [-0.4, -0.2) is 5.11 Å². The van der Waals surface area contributed by atoms with Gasteiger partial charge in [-0.15, -0.1) is 0 Å². The molecule has 2 atom stereocenters. The number of phenolic OH excluding ortho intramolecular Hbond substituents is 1. The molecule has 2 N–H and O–H groups in total. The summed E-state index contributed by atoms with van der Waals surface area (Å²) >= 11 is 0. The quantitative estimate of drug-likeness (QED) is 0.845. The molecule has 0 bridgehead atoms. The molecule has 0 radical (unpaired) electrons. The van der Waals surface area contributed by atoms with E-state index >= 15 is 0 Å². The van der Waals surface area contributed by atoms with Gasteiger partial charge in [-0.2, -0.15) is 0 Å². The number of para-hydroxylation sites is 1. The zero-order chi connectivity index (χ0) is 14.6. The Morgan fingerprint density at radius 3 is 2.25 bits per heavy atom. The molecule has 0 unspecified atom stereocenters. The summed E-state index contributed by atoms with van der Waals surface area (Å²) in [5.74, 6) is 0.351. The highest BCUT2D eigenvalue weighted by atomic mass is 16.3. The smallest absolute Gasteiger partial charge is 0.120 e. The number of hydrogen-bond acceptors (Lipinski definition) is 2. The van der Waals surface area contributed by atoms with Gasteiger partial charge in [-0.25, -0.2) is 0 Å². The molecular weight excluding hydrogens is 246 g/mol. The second-order valence-electron chi connectivity index (χ2n) is 5.48. The molecule has 0 spiro atoms. The molecule has 0 saturated carbocycles. The average Bonchev–Trinajstić information content (AvgIpc) is 2.48. The first-order chi connectivity index (χ1) is 9.57. The Hall–Kier alpha value is -1.80. The van der Waals surface area contributed by atoms with E-state index in [1.165, 1.54) is 5.56 Å². The molecule has 0 aliphatic carbocycles. The van der Waals surface area contributed by atoms with Crippen LogP contribution in [0.3, 0.4) is 0 Å². The zero-order valence-corrected chi connectivity index (χ0v) is 12.4. The summed E-state index contributed by atoms with van der Waals surface area (Å²) in [6.07, 6.45) is 0.905. The van der Waals surface area contributed by atoms with Gasteiger partial charge in [0, 0.05) is 17.1 Å². The van der Waals surface area contributed by atoms with E-state index in [0.717, 1.165) is 12.0 Å². The third kappa shape index (κ3) is 3.02. The van der Waals surface area contributed by atoms with E-state index in [2.05, 4.69) is 50.4 Å². The number of aromatic hydroxyl groups is 1. The van der Waals surface area contributed by atoms with Crippen LogP contribution in [0.25, 0.3) is 0 Å². The van der Waals surface area contributed by atoms with E-state index < -0.39 is 0 Å². The monoisotopic (exact) mass is 269 g/mol. The van der Waals surface area contributed by atoms with Crippen molar-refractivity contribution < 1.29 is 5.11 Å². The lowest BCUT2D eigenvalue weighted by Crippen LogP contribution is -2.40. The molecule has 0 aliphatic rings. The van der Waals surface area contributed by atoms with Crippen LogP contribution >= 0.6 is 0 Å². The van der Waals surface area contributed by atoms with Gasteiger partial charge < -0.3 is 10.4 Å². The first-order valence-corrected chi connectivity index (χ1v) is 7.18. The van der Waals surface area contributed by atoms with Crippen LogP contribution in [0, 0.1) is 0 Å². The van der Waals surface area contributed by atoms with E-state index in [-0.39, 0.29) is 11.6 Å². The molecule has 0 amide bonds. The first-order valence-electron chi connectivity index (χ1n) is 7.18. The topological polar surface area (TPSA) is 32.3 Å². The van der Waals surface area contributed by atoms with Gasteiger partial charge in [0.25, 0.3) is 0 Å². The molecule has 2 aromatic carbocycles. The van der Waals surface area contributed by atoms with Crippen molar-refractivity contribution in [1.82, 2.24) is 5.32 Å². The summed E-state index contributed by atoms with van der Waals surface area (Å²) in [7, 11) is 0. The van der Waals surface area contributed by atoms with Crippen molar-refractivity contribution in [3.63, 3.8) is 0 Å². The molecule has 106 valence electrons. The molecule has 0 aliphatic heterocycles. The number of benzene rings is 2. The largest absolute Gasteiger partial charge is 0.508 e. The van der Waals surface area contributed by atoms with E-state index in [4.69, 9.17) is 0 Å². The number of rotatable bonds is 5. The van der Waals surface area contributed by atoms with Crippen molar-refractivity contribution in [2.24, 2.45) is 0 Å². The van der Waals surface area contributed by atoms with Crippen LogP contribution < -0.4 is 5.32 Å². The van der Waals surface area contributed by atoms with Crippen LogP contribution in [0.1, 0.15) is 44.4 Å². The normalized spacial score (nSPS) is 15.6. The van der Waals surface area contributed by atoms with Crippen molar-refractivity contribution >= 4 is 0 Å². The average molecular weight is 269 g/mol. The molecule has 0 heterocycles. The van der Waals surface area contributed by atoms with Crippen molar-refractivity contribution in [3.8, 4) is 5.75 Å². The Kier molecular flexibility index (Phi) is 4.46. The molecule has 2 nitrogen and oxygen atoms in total. The number of hydrogen-bond donors (Lipinski definition) is 2. The van der Waals surface area contributed by atoms with Crippen molar-refractivity contribution in [2.75, 3.05) is 0 Å². The Labute approximate surface area is 121 Å². The van der Waals surface area contributed by atoms with Crippen LogP contribution in [0.15, 0.2) is 54.6 Å². The maximum atomic E-state index is 10.1. The van der Waals surface area contributed by atoms with Crippen LogP contribution in [0.5, 0.6) is 5.75 Å². The minimum atomic E-state index is -0.249. The third-order valence-corrected chi connectivity index (χ3v) is 4.04. The van der Waals surface area contributed by atoms with E-state index in [1.54, 1.807) is 6.07 Å². The predicted molar refractivity (Wildman–Crippen MR) is 83.7 cm³/mol. The highest BCUT2D eigenvalue weighted by Crippen LogP contribution is 2.33. The molecule has 0 saturated heterocycles. The molecular formula is C18H23NO. The molecule has 2 aromatic rings.